The summed E-state index contributed by atoms with van der Waals surface area (Å²) in [7, 11) is -4.22. The van der Waals surface area contributed by atoms with Gasteiger partial charge in [0.15, 0.2) is 0 Å². The van der Waals surface area contributed by atoms with Gasteiger partial charge >= 0.3 is 0 Å². The Morgan fingerprint density at radius 1 is 0.891 bits per heavy atom. The first-order valence-electron chi connectivity index (χ1n) is 15.1. The van der Waals surface area contributed by atoms with Gasteiger partial charge in [-0.15, -0.1) is 0 Å². The Labute approximate surface area is 285 Å². The van der Waals surface area contributed by atoms with Crippen molar-refractivity contribution in [3.63, 3.8) is 0 Å². The van der Waals surface area contributed by atoms with Gasteiger partial charge in [0, 0.05) is 28.5 Å². The fourth-order valence-corrected chi connectivity index (χ4v) is 6.96. The minimum absolute atomic E-state index is 0.0384. The molecule has 4 aromatic carbocycles. The van der Waals surface area contributed by atoms with Crippen molar-refractivity contribution in [3.05, 3.63) is 129 Å². The van der Waals surface area contributed by atoms with Crippen LogP contribution in [-0.4, -0.2) is 43.8 Å². The number of benzene rings is 4. The molecule has 0 unspecified atom stereocenters. The first kappa shape index (κ1) is 35.2. The van der Waals surface area contributed by atoms with Gasteiger partial charge in [0.05, 0.1) is 10.6 Å². The van der Waals surface area contributed by atoms with Gasteiger partial charge in [0.1, 0.15) is 12.6 Å². The summed E-state index contributed by atoms with van der Waals surface area (Å²) >= 11 is 9.97. The zero-order chi connectivity index (χ0) is 33.4. The number of carbonyl (C=O) groups excluding carboxylic acids is 2. The van der Waals surface area contributed by atoms with Crippen molar-refractivity contribution in [2.45, 2.75) is 64.1 Å². The largest absolute Gasteiger partial charge is 0.352 e. The number of halogens is 2. The van der Waals surface area contributed by atoms with Crippen LogP contribution in [0.5, 0.6) is 0 Å². The van der Waals surface area contributed by atoms with E-state index in [0.29, 0.717) is 11.4 Å². The molecule has 0 radical (unpaired) electrons. The number of hydrogen-bond donors (Lipinski definition) is 1. The van der Waals surface area contributed by atoms with Crippen molar-refractivity contribution in [2.75, 3.05) is 10.8 Å². The molecule has 0 saturated heterocycles. The summed E-state index contributed by atoms with van der Waals surface area (Å²) in [6.45, 7) is 7.10. The van der Waals surface area contributed by atoms with E-state index in [-0.39, 0.29) is 35.5 Å². The molecule has 0 heterocycles. The summed E-state index contributed by atoms with van der Waals surface area (Å²) in [6, 6.07) is 27.3. The van der Waals surface area contributed by atoms with Gasteiger partial charge in [0.25, 0.3) is 10.0 Å². The molecular weight excluding hydrogens is 686 g/mol. The molecule has 0 aliphatic carbocycles. The third-order valence-corrected chi connectivity index (χ3v) is 10.5. The van der Waals surface area contributed by atoms with E-state index in [1.54, 1.807) is 30.3 Å². The highest BCUT2D eigenvalue weighted by molar-refractivity contribution is 9.10. The molecule has 2 amide bonds. The van der Waals surface area contributed by atoms with Crippen LogP contribution in [-0.2, 0) is 32.6 Å². The van der Waals surface area contributed by atoms with Gasteiger partial charge in [-0.25, -0.2) is 8.42 Å². The van der Waals surface area contributed by atoms with Crippen LogP contribution < -0.4 is 9.62 Å². The highest BCUT2D eigenvalue weighted by Gasteiger charge is 2.35. The Kier molecular flexibility index (Phi) is 12.1. The van der Waals surface area contributed by atoms with E-state index in [0.717, 1.165) is 31.0 Å². The summed E-state index contributed by atoms with van der Waals surface area (Å²) < 4.78 is 30.3. The topological polar surface area (TPSA) is 86.8 Å². The van der Waals surface area contributed by atoms with Crippen LogP contribution in [0.2, 0.25) is 5.02 Å². The fraction of sp³-hybridized carbons (Fsp3) is 0.278. The normalized spacial score (nSPS) is 12.7. The molecule has 4 aromatic rings. The highest BCUT2D eigenvalue weighted by Crippen LogP contribution is 2.29. The second kappa shape index (κ2) is 15.8. The lowest BCUT2D eigenvalue weighted by Gasteiger charge is -2.34. The molecule has 0 saturated carbocycles. The molecule has 0 bridgehead atoms. The lowest BCUT2D eigenvalue weighted by Crippen LogP contribution is -2.54. The van der Waals surface area contributed by atoms with Gasteiger partial charge in [-0.3, -0.25) is 13.9 Å². The van der Waals surface area contributed by atoms with E-state index in [2.05, 4.69) is 21.2 Å². The molecule has 1 N–H and O–H groups in total. The smallest absolute Gasteiger partial charge is 0.264 e. The van der Waals surface area contributed by atoms with Crippen LogP contribution in [0, 0.1) is 13.8 Å². The van der Waals surface area contributed by atoms with Crippen LogP contribution in [0.1, 0.15) is 42.5 Å². The van der Waals surface area contributed by atoms with Gasteiger partial charge in [-0.05, 0) is 80.3 Å². The summed E-state index contributed by atoms with van der Waals surface area (Å²) in [6.07, 6.45) is 0.948. The van der Waals surface area contributed by atoms with Crippen molar-refractivity contribution in [3.8, 4) is 0 Å². The Bertz CT molecular complexity index is 1770. The van der Waals surface area contributed by atoms with E-state index in [1.807, 2.05) is 82.3 Å². The number of amides is 2. The van der Waals surface area contributed by atoms with Crippen molar-refractivity contribution in [2.24, 2.45) is 0 Å². The second-order valence-corrected chi connectivity index (χ2v) is 14.6. The Morgan fingerprint density at radius 2 is 1.57 bits per heavy atom. The number of hydrogen-bond acceptors (Lipinski definition) is 4. The van der Waals surface area contributed by atoms with E-state index in [9.17, 15) is 18.0 Å². The maximum Gasteiger partial charge on any atom is 0.264 e. The third-order valence-electron chi connectivity index (χ3n) is 7.85. The number of anilines is 1. The maximum atomic E-state index is 14.6. The molecule has 242 valence electrons. The zero-order valence-electron chi connectivity index (χ0n) is 26.4. The minimum atomic E-state index is -4.22. The number of nitrogens with zero attached hydrogens (tertiary/aromatic N) is 2. The summed E-state index contributed by atoms with van der Waals surface area (Å²) in [5.74, 6) is -0.847. The van der Waals surface area contributed by atoms with E-state index in [4.69, 9.17) is 11.6 Å². The number of nitrogens with one attached hydrogen (secondary N) is 1. The Balaban J connectivity index is 1.83. The summed E-state index contributed by atoms with van der Waals surface area (Å²) in [5, 5.41) is 3.42. The average molecular weight is 725 g/mol. The lowest BCUT2D eigenvalue weighted by molar-refractivity contribution is -0.140. The first-order chi connectivity index (χ1) is 21.9. The van der Waals surface area contributed by atoms with Crippen LogP contribution in [0.4, 0.5) is 5.69 Å². The van der Waals surface area contributed by atoms with Crippen molar-refractivity contribution >= 4 is 55.1 Å². The summed E-state index contributed by atoms with van der Waals surface area (Å²) in [4.78, 5) is 30.1. The molecule has 46 heavy (non-hydrogen) atoms. The van der Waals surface area contributed by atoms with Crippen molar-refractivity contribution in [1.29, 1.82) is 0 Å². The third kappa shape index (κ3) is 8.99. The zero-order valence-corrected chi connectivity index (χ0v) is 29.6. The summed E-state index contributed by atoms with van der Waals surface area (Å²) in [5.41, 5.74) is 3.56. The molecule has 2 atom stereocenters. The molecule has 7 nitrogen and oxygen atoms in total. The Morgan fingerprint density at radius 3 is 2.20 bits per heavy atom. The molecule has 10 heteroatoms. The van der Waals surface area contributed by atoms with Crippen LogP contribution >= 0.6 is 27.5 Å². The monoisotopic (exact) mass is 723 g/mol. The van der Waals surface area contributed by atoms with Gasteiger partial charge in [0.2, 0.25) is 11.8 Å². The number of aryl methyl sites for hydroxylation is 2. The predicted molar refractivity (Wildman–Crippen MR) is 188 cm³/mol. The Hall–Kier alpha value is -3.66. The number of carbonyl (C=O) groups is 2. The van der Waals surface area contributed by atoms with E-state index >= 15 is 0 Å². The van der Waals surface area contributed by atoms with Crippen molar-refractivity contribution in [1.82, 2.24) is 10.2 Å². The number of rotatable bonds is 13. The van der Waals surface area contributed by atoms with Gasteiger partial charge in [-0.2, -0.15) is 0 Å². The minimum Gasteiger partial charge on any atom is -0.352 e. The van der Waals surface area contributed by atoms with E-state index < -0.39 is 28.5 Å². The van der Waals surface area contributed by atoms with Crippen LogP contribution in [0.25, 0.3) is 0 Å². The van der Waals surface area contributed by atoms with Crippen LogP contribution in [0.3, 0.4) is 0 Å². The molecule has 0 aliphatic rings. The molecule has 0 spiro atoms. The lowest BCUT2D eigenvalue weighted by atomic mass is 10.0. The molecule has 0 aromatic heterocycles. The fourth-order valence-electron chi connectivity index (χ4n) is 4.93. The average Bonchev–Trinajstić information content (AvgIpc) is 3.03. The highest BCUT2D eigenvalue weighted by atomic mass is 79.9. The second-order valence-electron chi connectivity index (χ2n) is 11.4. The van der Waals surface area contributed by atoms with E-state index in [1.165, 1.54) is 17.0 Å². The predicted octanol–water partition coefficient (Wildman–Crippen LogP) is 7.47. The maximum absolute atomic E-state index is 14.6. The molecular formula is C36H39BrClN3O4S. The molecule has 0 fully saturated rings. The van der Waals surface area contributed by atoms with Gasteiger partial charge in [-0.1, -0.05) is 101 Å². The first-order valence-corrected chi connectivity index (χ1v) is 17.7. The molecule has 4 rings (SSSR count). The standard InChI is InChI=1S/C36H39BrClN3O4S/c1-5-27(4)39-36(43)34(21-28-10-7-6-8-11-28)40(23-29-12-9-13-30(37)20-29)35(42)24-41(31-17-16-26(3)33(38)22-31)46(44,45)32-18-14-25(2)15-19-32/h6-20,22,27,34H,5,21,23-24H2,1-4H3,(H,39,43)/t27-,34+/m0/s1. The SMILES string of the molecule is CC[C@H](C)NC(=O)[C@@H](Cc1ccccc1)N(Cc1cccc(Br)c1)C(=O)CN(c1ccc(C)c(Cl)c1)S(=O)(=O)c1ccc(C)cc1. The van der Waals surface area contributed by atoms with Crippen molar-refractivity contribution < 1.29 is 18.0 Å². The quantitative estimate of drug-likeness (QED) is 0.155. The molecule has 0 aliphatic heterocycles. The van der Waals surface area contributed by atoms with Crippen LogP contribution in [0.15, 0.2) is 106 Å². The number of sulfonamides is 1. The van der Waals surface area contributed by atoms with Gasteiger partial charge < -0.3 is 10.2 Å².